The number of Topliss-reactive ketones (excluding diaryl/α,β-unsaturated/α-hetero) is 1. The van der Waals surface area contributed by atoms with Crippen molar-refractivity contribution in [2.24, 2.45) is 0 Å². The number of aliphatic hydroxyl groups is 1. The van der Waals surface area contributed by atoms with Crippen molar-refractivity contribution in [3.8, 4) is 0 Å². The van der Waals surface area contributed by atoms with Crippen molar-refractivity contribution < 1.29 is 23.8 Å². The molecule has 6 nitrogen and oxygen atoms in total. The first-order valence-corrected chi connectivity index (χ1v) is 14.7. The average Bonchev–Trinajstić information content (AvgIpc) is 3.18. The summed E-state index contributed by atoms with van der Waals surface area (Å²) in [5.41, 5.74) is 2.17. The van der Waals surface area contributed by atoms with Gasteiger partial charge in [-0.2, -0.15) is 0 Å². The molecule has 0 aliphatic carbocycles. The van der Waals surface area contributed by atoms with Crippen molar-refractivity contribution in [1.82, 2.24) is 10.2 Å². The molecule has 1 heterocycles. The van der Waals surface area contributed by atoms with E-state index in [1.165, 1.54) is 11.0 Å². The Morgan fingerprint density at radius 2 is 1.85 bits per heavy atom. The Bertz CT molecular complexity index is 991. The van der Waals surface area contributed by atoms with Crippen molar-refractivity contribution in [2.75, 3.05) is 20.2 Å². The smallest absolute Gasteiger partial charge is 0.318 e. The van der Waals surface area contributed by atoms with Crippen LogP contribution in [0.15, 0.2) is 42.5 Å². The van der Waals surface area contributed by atoms with E-state index in [2.05, 4.69) is 25.0 Å². The van der Waals surface area contributed by atoms with Crippen LogP contribution in [-0.2, 0) is 22.6 Å². The Labute approximate surface area is 195 Å². The van der Waals surface area contributed by atoms with Crippen LogP contribution >= 0.6 is 0 Å². The van der Waals surface area contributed by atoms with Crippen molar-refractivity contribution in [3.63, 3.8) is 0 Å². The number of ether oxygens (including phenoxy) is 1. The summed E-state index contributed by atoms with van der Waals surface area (Å²) in [5.74, 6) is -0.516. The number of ketones is 1. The fourth-order valence-corrected chi connectivity index (χ4v) is 5.42. The van der Waals surface area contributed by atoms with Crippen LogP contribution in [0.5, 0.6) is 0 Å². The Morgan fingerprint density at radius 3 is 2.39 bits per heavy atom. The van der Waals surface area contributed by atoms with Gasteiger partial charge < -0.3 is 20.1 Å². The van der Waals surface area contributed by atoms with Crippen molar-refractivity contribution in [1.29, 1.82) is 0 Å². The molecule has 0 unspecified atom stereocenters. The lowest BCUT2D eigenvalue weighted by molar-refractivity contribution is -0.120. The maximum Gasteiger partial charge on any atom is 0.318 e. The molecule has 2 N–H and O–H groups in total. The molecule has 2 amide bonds. The van der Waals surface area contributed by atoms with E-state index in [9.17, 15) is 19.1 Å². The summed E-state index contributed by atoms with van der Waals surface area (Å²) in [6.07, 6.45) is -0.0392. The molecule has 0 radical (unpaired) electrons. The molecule has 2 aromatic rings. The minimum Gasteiger partial charge on any atom is -0.391 e. The van der Waals surface area contributed by atoms with Gasteiger partial charge in [0.25, 0.3) is 0 Å². The van der Waals surface area contributed by atoms with Crippen LogP contribution < -0.4 is 10.5 Å². The number of hydrogen-bond donors (Lipinski definition) is 2. The lowest BCUT2D eigenvalue weighted by Crippen LogP contribution is -2.43. The third kappa shape index (κ3) is 6.49. The lowest BCUT2D eigenvalue weighted by atomic mass is 9.96. The molecule has 1 saturated heterocycles. The first-order chi connectivity index (χ1) is 15.6. The molecule has 178 valence electrons. The Morgan fingerprint density at radius 1 is 1.18 bits per heavy atom. The van der Waals surface area contributed by atoms with Crippen molar-refractivity contribution in [2.45, 2.75) is 51.2 Å². The highest BCUT2D eigenvalue weighted by atomic mass is 28.3. The zero-order chi connectivity index (χ0) is 24.2. The van der Waals surface area contributed by atoms with Crippen LogP contribution in [0.25, 0.3) is 0 Å². The van der Waals surface area contributed by atoms with E-state index >= 15 is 0 Å². The molecule has 33 heavy (non-hydrogen) atoms. The zero-order valence-electron chi connectivity index (χ0n) is 19.7. The summed E-state index contributed by atoms with van der Waals surface area (Å²) >= 11 is 0. The van der Waals surface area contributed by atoms with Crippen LogP contribution in [-0.4, -0.2) is 56.2 Å². The lowest BCUT2D eigenvalue weighted by Gasteiger charge is -2.23. The van der Waals surface area contributed by atoms with E-state index in [-0.39, 0.29) is 24.6 Å². The molecule has 2 aromatic carbocycles. The molecule has 3 rings (SSSR count). The molecule has 0 spiro atoms. The highest BCUT2D eigenvalue weighted by molar-refractivity contribution is 6.88. The molecule has 2 atom stereocenters. The van der Waals surface area contributed by atoms with Crippen LogP contribution in [0, 0.1) is 5.82 Å². The largest absolute Gasteiger partial charge is 0.391 e. The molecule has 0 saturated carbocycles. The second-order valence-corrected chi connectivity index (χ2v) is 14.7. The number of halogens is 1. The number of nitrogens with zero attached hydrogens (tertiary/aromatic N) is 1. The minimum atomic E-state index is -1.82. The number of aliphatic hydroxyl groups excluding tert-OH is 1. The van der Waals surface area contributed by atoms with Gasteiger partial charge in [0.15, 0.2) is 5.78 Å². The summed E-state index contributed by atoms with van der Waals surface area (Å²) < 4.78 is 19.8. The Hall–Kier alpha value is -2.55. The SMILES string of the molecule is COCc1ccc([C@@H](NC(=O)N2CC[C@H](O)C2)C(=O)Cc2ccc([Si](C)(C)C)c(F)c2)cc1. The quantitative estimate of drug-likeness (QED) is 0.579. The first-order valence-electron chi connectivity index (χ1n) is 11.2. The van der Waals surface area contributed by atoms with E-state index in [1.54, 1.807) is 31.4 Å². The third-order valence-electron chi connectivity index (χ3n) is 5.88. The van der Waals surface area contributed by atoms with Gasteiger partial charge in [-0.3, -0.25) is 4.79 Å². The number of benzene rings is 2. The number of urea groups is 1. The molecular weight excluding hydrogens is 439 g/mol. The van der Waals surface area contributed by atoms with E-state index in [0.717, 1.165) is 10.8 Å². The zero-order valence-corrected chi connectivity index (χ0v) is 20.7. The number of carbonyl (C=O) groups excluding carboxylic acids is 2. The number of β-amino-alcohol motifs (C(OH)–C–C–N with tert-alkyl or cyclic N) is 1. The molecule has 0 aromatic heterocycles. The third-order valence-corrected chi connectivity index (χ3v) is 7.91. The molecule has 0 bridgehead atoms. The van der Waals surface area contributed by atoms with E-state index in [4.69, 9.17) is 4.74 Å². The monoisotopic (exact) mass is 472 g/mol. The minimum absolute atomic E-state index is 0.00368. The van der Waals surface area contributed by atoms with E-state index in [0.29, 0.717) is 30.7 Å². The molecule has 8 heteroatoms. The standard InChI is InChI=1S/C25H33FN2O4Si/c1-32-16-17-5-8-19(9-6-17)24(27-25(31)28-12-11-20(29)15-28)22(30)14-18-7-10-23(21(26)13-18)33(2,3)4/h5-10,13,20,24,29H,11-12,14-16H2,1-4H3,(H,27,31)/t20-,24+/m0/s1. The van der Waals surface area contributed by atoms with Gasteiger partial charge in [-0.15, -0.1) is 0 Å². The van der Waals surface area contributed by atoms with Gasteiger partial charge >= 0.3 is 6.03 Å². The molecular formula is C25H33FN2O4Si. The van der Waals surface area contributed by atoms with Gasteiger partial charge in [0.2, 0.25) is 0 Å². The van der Waals surface area contributed by atoms with Crippen LogP contribution in [0.3, 0.4) is 0 Å². The molecule has 1 aliphatic rings. The van der Waals surface area contributed by atoms with Gasteiger partial charge in [-0.1, -0.05) is 56.0 Å². The van der Waals surface area contributed by atoms with Gasteiger partial charge in [0.05, 0.1) is 20.8 Å². The maximum atomic E-state index is 14.7. The van der Waals surface area contributed by atoms with Crippen LogP contribution in [0.2, 0.25) is 19.6 Å². The second kappa shape index (κ2) is 10.6. The Kier molecular flexibility index (Phi) is 8.04. The number of amides is 2. The van der Waals surface area contributed by atoms with Gasteiger partial charge in [-0.05, 0) is 34.4 Å². The van der Waals surface area contributed by atoms with E-state index < -0.39 is 26.3 Å². The summed E-state index contributed by atoms with van der Waals surface area (Å²) in [6.45, 7) is 7.34. The fourth-order valence-electron chi connectivity index (χ4n) is 4.04. The number of likely N-dealkylation sites (tertiary alicyclic amines) is 1. The number of rotatable bonds is 8. The molecule has 1 fully saturated rings. The number of carbonyl (C=O) groups is 2. The summed E-state index contributed by atoms with van der Waals surface area (Å²) in [6, 6.07) is 11.0. The maximum absolute atomic E-state index is 14.7. The van der Waals surface area contributed by atoms with Crippen molar-refractivity contribution in [3.05, 3.63) is 65.0 Å². The summed E-state index contributed by atoms with van der Waals surface area (Å²) in [5, 5.41) is 13.3. The van der Waals surface area contributed by atoms with Crippen molar-refractivity contribution >= 4 is 25.1 Å². The highest BCUT2D eigenvalue weighted by Gasteiger charge is 2.29. The molecule has 1 aliphatic heterocycles. The van der Waals surface area contributed by atoms with E-state index in [1.807, 2.05) is 12.1 Å². The Balaban J connectivity index is 1.82. The first kappa shape index (κ1) is 25.1. The topological polar surface area (TPSA) is 78.9 Å². The average molecular weight is 473 g/mol. The van der Waals surface area contributed by atoms with Crippen LogP contribution in [0.4, 0.5) is 9.18 Å². The number of hydrogen-bond acceptors (Lipinski definition) is 4. The number of nitrogens with one attached hydrogen (secondary N) is 1. The second-order valence-electron chi connectivity index (χ2n) is 9.65. The van der Waals surface area contributed by atoms with Crippen LogP contribution in [0.1, 0.15) is 29.2 Å². The predicted molar refractivity (Wildman–Crippen MR) is 129 cm³/mol. The normalized spacial score (nSPS) is 17.2. The van der Waals surface area contributed by atoms with Gasteiger partial charge in [-0.25, -0.2) is 9.18 Å². The summed E-state index contributed by atoms with van der Waals surface area (Å²) in [7, 11) is -0.215. The fraction of sp³-hybridized carbons (Fsp3) is 0.440. The van der Waals surface area contributed by atoms with Gasteiger partial charge in [0.1, 0.15) is 11.9 Å². The number of methoxy groups -OCH3 is 1. The summed E-state index contributed by atoms with van der Waals surface area (Å²) in [4.78, 5) is 27.6. The predicted octanol–water partition coefficient (Wildman–Crippen LogP) is 3.15. The highest BCUT2D eigenvalue weighted by Crippen LogP contribution is 2.20. The van der Waals surface area contributed by atoms with Gasteiger partial charge in [0, 0.05) is 26.6 Å².